The minimum atomic E-state index is -0.804. The molecule has 0 spiro atoms. The van der Waals surface area contributed by atoms with Crippen molar-refractivity contribution in [3.05, 3.63) is 29.8 Å². The molecule has 1 saturated heterocycles. The Balaban J connectivity index is 1.66. The van der Waals surface area contributed by atoms with Gasteiger partial charge in [0.15, 0.2) is 11.6 Å². The summed E-state index contributed by atoms with van der Waals surface area (Å²) in [6.07, 6.45) is 0.999. The maximum absolute atomic E-state index is 12.9. The number of hydrogen-bond acceptors (Lipinski definition) is 3. The summed E-state index contributed by atoms with van der Waals surface area (Å²) >= 11 is 0. The fraction of sp³-hybridized carbons (Fsp3) is 0.538. The van der Waals surface area contributed by atoms with Crippen molar-refractivity contribution >= 4 is 5.69 Å². The SMILES string of the molecule is Fc1ccc(NCCCN2CCNCC2)cc1F. The van der Waals surface area contributed by atoms with Gasteiger partial charge in [-0.15, -0.1) is 0 Å². The number of piperazine rings is 1. The summed E-state index contributed by atoms with van der Waals surface area (Å²) in [7, 11) is 0. The predicted octanol–water partition coefficient (Wildman–Crippen LogP) is 1.67. The Labute approximate surface area is 106 Å². The molecule has 0 aliphatic carbocycles. The van der Waals surface area contributed by atoms with Crippen molar-refractivity contribution in [3.8, 4) is 0 Å². The van der Waals surface area contributed by atoms with E-state index in [9.17, 15) is 8.78 Å². The van der Waals surface area contributed by atoms with Crippen LogP contribution in [-0.4, -0.2) is 44.2 Å². The highest BCUT2D eigenvalue weighted by atomic mass is 19.2. The zero-order valence-electron chi connectivity index (χ0n) is 10.4. The van der Waals surface area contributed by atoms with Crippen LogP contribution in [0.3, 0.4) is 0 Å². The third-order valence-electron chi connectivity index (χ3n) is 3.11. The Hall–Kier alpha value is -1.20. The Bertz CT molecular complexity index is 378. The highest BCUT2D eigenvalue weighted by molar-refractivity contribution is 5.43. The van der Waals surface area contributed by atoms with Crippen molar-refractivity contribution in [1.82, 2.24) is 10.2 Å². The van der Waals surface area contributed by atoms with Gasteiger partial charge in [0.05, 0.1) is 0 Å². The molecule has 0 aromatic heterocycles. The molecule has 100 valence electrons. The van der Waals surface area contributed by atoms with E-state index in [2.05, 4.69) is 15.5 Å². The molecular weight excluding hydrogens is 236 g/mol. The van der Waals surface area contributed by atoms with Crippen LogP contribution in [0.25, 0.3) is 0 Å². The molecule has 2 N–H and O–H groups in total. The van der Waals surface area contributed by atoms with E-state index in [-0.39, 0.29) is 0 Å². The molecule has 1 aromatic carbocycles. The molecular formula is C13H19F2N3. The molecule has 5 heteroatoms. The van der Waals surface area contributed by atoms with Crippen LogP contribution in [0.5, 0.6) is 0 Å². The minimum Gasteiger partial charge on any atom is -0.385 e. The lowest BCUT2D eigenvalue weighted by atomic mass is 10.2. The average molecular weight is 255 g/mol. The lowest BCUT2D eigenvalue weighted by molar-refractivity contribution is 0.240. The third-order valence-corrected chi connectivity index (χ3v) is 3.11. The lowest BCUT2D eigenvalue weighted by Crippen LogP contribution is -2.44. The van der Waals surface area contributed by atoms with E-state index in [1.807, 2.05) is 0 Å². The number of nitrogens with zero attached hydrogens (tertiary/aromatic N) is 1. The molecule has 1 aliphatic heterocycles. The molecule has 3 nitrogen and oxygen atoms in total. The Morgan fingerprint density at radius 3 is 2.67 bits per heavy atom. The first kappa shape index (κ1) is 13.2. The number of benzene rings is 1. The van der Waals surface area contributed by atoms with Gasteiger partial charge in [0.1, 0.15) is 0 Å². The molecule has 0 amide bonds. The van der Waals surface area contributed by atoms with Crippen molar-refractivity contribution in [2.75, 3.05) is 44.6 Å². The van der Waals surface area contributed by atoms with Gasteiger partial charge >= 0.3 is 0 Å². The topological polar surface area (TPSA) is 27.3 Å². The summed E-state index contributed by atoms with van der Waals surface area (Å²) in [6.45, 7) is 6.09. The second-order valence-corrected chi connectivity index (χ2v) is 4.50. The number of rotatable bonds is 5. The second kappa shape index (κ2) is 6.66. The molecule has 0 radical (unpaired) electrons. The first-order valence-corrected chi connectivity index (χ1v) is 6.38. The summed E-state index contributed by atoms with van der Waals surface area (Å²) in [4.78, 5) is 2.41. The lowest BCUT2D eigenvalue weighted by Gasteiger charge is -2.27. The van der Waals surface area contributed by atoms with Gasteiger partial charge in [-0.25, -0.2) is 8.78 Å². The van der Waals surface area contributed by atoms with Crippen LogP contribution in [0, 0.1) is 11.6 Å². The monoisotopic (exact) mass is 255 g/mol. The molecule has 1 aromatic rings. The van der Waals surface area contributed by atoms with Gasteiger partial charge in [-0.1, -0.05) is 0 Å². The van der Waals surface area contributed by atoms with Crippen molar-refractivity contribution in [3.63, 3.8) is 0 Å². The molecule has 18 heavy (non-hydrogen) atoms. The fourth-order valence-electron chi connectivity index (χ4n) is 2.08. The Kier molecular flexibility index (Phi) is 4.90. The van der Waals surface area contributed by atoms with Gasteiger partial charge in [0.2, 0.25) is 0 Å². The number of anilines is 1. The summed E-state index contributed by atoms with van der Waals surface area (Å²) in [5, 5.41) is 6.41. The zero-order chi connectivity index (χ0) is 12.8. The van der Waals surface area contributed by atoms with Crippen LogP contribution >= 0.6 is 0 Å². The maximum Gasteiger partial charge on any atom is 0.160 e. The first-order chi connectivity index (χ1) is 8.75. The van der Waals surface area contributed by atoms with Crippen LogP contribution < -0.4 is 10.6 Å². The van der Waals surface area contributed by atoms with Gasteiger partial charge in [0.25, 0.3) is 0 Å². The molecule has 1 heterocycles. The molecule has 0 atom stereocenters. The summed E-state index contributed by atoms with van der Waals surface area (Å²) in [5.41, 5.74) is 0.634. The highest BCUT2D eigenvalue weighted by Crippen LogP contribution is 2.12. The molecule has 1 fully saturated rings. The second-order valence-electron chi connectivity index (χ2n) is 4.50. The van der Waals surface area contributed by atoms with Gasteiger partial charge in [-0.2, -0.15) is 0 Å². The molecule has 0 saturated carbocycles. The zero-order valence-corrected chi connectivity index (χ0v) is 10.4. The summed E-state index contributed by atoms with van der Waals surface area (Å²) in [5.74, 6) is -1.61. The van der Waals surface area contributed by atoms with E-state index in [1.165, 1.54) is 6.07 Å². The maximum atomic E-state index is 12.9. The first-order valence-electron chi connectivity index (χ1n) is 6.38. The summed E-state index contributed by atoms with van der Waals surface area (Å²) < 4.78 is 25.7. The molecule has 0 unspecified atom stereocenters. The number of halogens is 2. The van der Waals surface area contributed by atoms with E-state index < -0.39 is 11.6 Å². The minimum absolute atomic E-state index is 0.634. The molecule has 0 bridgehead atoms. The van der Waals surface area contributed by atoms with Crippen molar-refractivity contribution in [2.24, 2.45) is 0 Å². The average Bonchev–Trinajstić information content (AvgIpc) is 2.40. The van der Waals surface area contributed by atoms with Gasteiger partial charge < -0.3 is 15.5 Å². The van der Waals surface area contributed by atoms with Crippen LogP contribution in [0.4, 0.5) is 14.5 Å². The Morgan fingerprint density at radius 2 is 1.94 bits per heavy atom. The fourth-order valence-corrected chi connectivity index (χ4v) is 2.08. The quantitative estimate of drug-likeness (QED) is 0.784. The number of hydrogen-bond donors (Lipinski definition) is 2. The van der Waals surface area contributed by atoms with E-state index in [0.29, 0.717) is 5.69 Å². The van der Waals surface area contributed by atoms with E-state index in [4.69, 9.17) is 0 Å². The van der Waals surface area contributed by atoms with Crippen LogP contribution in [0.2, 0.25) is 0 Å². The standard InChI is InChI=1S/C13H19F2N3/c14-12-3-2-11(10-13(12)15)17-4-1-7-18-8-5-16-6-9-18/h2-3,10,16-17H,1,4-9H2. The van der Waals surface area contributed by atoms with Crippen molar-refractivity contribution < 1.29 is 8.78 Å². The van der Waals surface area contributed by atoms with Crippen LogP contribution in [-0.2, 0) is 0 Å². The third kappa shape index (κ3) is 3.92. The predicted molar refractivity (Wildman–Crippen MR) is 68.8 cm³/mol. The van der Waals surface area contributed by atoms with Gasteiger partial charge in [0, 0.05) is 38.4 Å². The van der Waals surface area contributed by atoms with Crippen molar-refractivity contribution in [2.45, 2.75) is 6.42 Å². The normalized spacial score (nSPS) is 16.8. The highest BCUT2D eigenvalue weighted by Gasteiger charge is 2.08. The largest absolute Gasteiger partial charge is 0.385 e. The van der Waals surface area contributed by atoms with Gasteiger partial charge in [-0.05, 0) is 31.2 Å². The number of nitrogens with one attached hydrogen (secondary N) is 2. The van der Waals surface area contributed by atoms with Crippen LogP contribution in [0.1, 0.15) is 6.42 Å². The Morgan fingerprint density at radius 1 is 1.17 bits per heavy atom. The van der Waals surface area contributed by atoms with E-state index in [1.54, 1.807) is 6.07 Å². The smallest absolute Gasteiger partial charge is 0.160 e. The molecule has 2 rings (SSSR count). The van der Waals surface area contributed by atoms with Crippen LogP contribution in [0.15, 0.2) is 18.2 Å². The summed E-state index contributed by atoms with van der Waals surface area (Å²) in [6, 6.07) is 3.90. The van der Waals surface area contributed by atoms with Crippen molar-refractivity contribution in [1.29, 1.82) is 0 Å². The van der Waals surface area contributed by atoms with E-state index in [0.717, 1.165) is 51.8 Å². The van der Waals surface area contributed by atoms with E-state index >= 15 is 0 Å². The van der Waals surface area contributed by atoms with Gasteiger partial charge in [-0.3, -0.25) is 0 Å². The molecule has 1 aliphatic rings.